The van der Waals surface area contributed by atoms with Gasteiger partial charge in [0.25, 0.3) is 0 Å². The number of carbonyl (C=O) groups is 1. The van der Waals surface area contributed by atoms with Gasteiger partial charge in [-0.25, -0.2) is 0 Å². The van der Waals surface area contributed by atoms with Gasteiger partial charge in [0, 0.05) is 5.92 Å². The first-order valence-electron chi connectivity index (χ1n) is 5.72. The van der Waals surface area contributed by atoms with E-state index in [0.717, 1.165) is 12.8 Å². The molecule has 3 heteroatoms. The van der Waals surface area contributed by atoms with E-state index in [1.165, 1.54) is 0 Å². The summed E-state index contributed by atoms with van der Waals surface area (Å²) >= 11 is 0. The van der Waals surface area contributed by atoms with Gasteiger partial charge in [-0.15, -0.1) is 0 Å². The molecule has 1 aliphatic heterocycles. The fourth-order valence-electron chi connectivity index (χ4n) is 2.62. The van der Waals surface area contributed by atoms with Gasteiger partial charge >= 0.3 is 5.97 Å². The van der Waals surface area contributed by atoms with E-state index in [1.807, 2.05) is 6.92 Å². The van der Waals surface area contributed by atoms with Gasteiger partial charge in [-0.3, -0.25) is 4.79 Å². The number of fused-ring (bicyclic) bond motifs is 1. The quantitative estimate of drug-likeness (QED) is 0.655. The Balaban J connectivity index is 2.09. The second kappa shape index (κ2) is 4.25. The van der Waals surface area contributed by atoms with Crippen LogP contribution in [0.1, 0.15) is 26.7 Å². The average molecular weight is 210 g/mol. The maximum atomic E-state index is 11.8. The second-order valence-corrected chi connectivity index (χ2v) is 4.43. The molecule has 0 radical (unpaired) electrons. The maximum absolute atomic E-state index is 11.8. The van der Waals surface area contributed by atoms with Crippen molar-refractivity contribution < 1.29 is 14.3 Å². The van der Waals surface area contributed by atoms with E-state index in [-0.39, 0.29) is 18.0 Å². The summed E-state index contributed by atoms with van der Waals surface area (Å²) in [6.45, 7) is 4.41. The summed E-state index contributed by atoms with van der Waals surface area (Å²) < 4.78 is 10.6. The van der Waals surface area contributed by atoms with Crippen LogP contribution in [0.25, 0.3) is 0 Å². The second-order valence-electron chi connectivity index (χ2n) is 4.43. The molecule has 4 atom stereocenters. The van der Waals surface area contributed by atoms with Crippen LogP contribution < -0.4 is 0 Å². The molecule has 0 aromatic heterocycles. The van der Waals surface area contributed by atoms with Crippen molar-refractivity contribution in [3.05, 3.63) is 12.3 Å². The first-order valence-corrected chi connectivity index (χ1v) is 5.72. The molecule has 0 amide bonds. The van der Waals surface area contributed by atoms with Crippen molar-refractivity contribution in [2.45, 2.75) is 32.8 Å². The SMILES string of the molecule is CCOC(=O)C1C(C)CCC2C=COC21. The summed E-state index contributed by atoms with van der Waals surface area (Å²) in [5.41, 5.74) is 0. The zero-order valence-corrected chi connectivity index (χ0v) is 9.31. The van der Waals surface area contributed by atoms with Crippen LogP contribution in [-0.4, -0.2) is 18.7 Å². The van der Waals surface area contributed by atoms with E-state index in [9.17, 15) is 4.79 Å². The Kier molecular flexibility index (Phi) is 2.98. The number of hydrogen-bond acceptors (Lipinski definition) is 3. The molecule has 1 saturated carbocycles. The van der Waals surface area contributed by atoms with Crippen LogP contribution in [0.2, 0.25) is 0 Å². The zero-order chi connectivity index (χ0) is 10.8. The Labute approximate surface area is 90.4 Å². The van der Waals surface area contributed by atoms with Crippen molar-refractivity contribution in [2.24, 2.45) is 17.8 Å². The zero-order valence-electron chi connectivity index (χ0n) is 9.31. The van der Waals surface area contributed by atoms with Crippen molar-refractivity contribution in [1.82, 2.24) is 0 Å². The van der Waals surface area contributed by atoms with Crippen LogP contribution in [0.15, 0.2) is 12.3 Å². The van der Waals surface area contributed by atoms with Gasteiger partial charge in [-0.2, -0.15) is 0 Å². The molecule has 1 aliphatic carbocycles. The fraction of sp³-hybridized carbons (Fsp3) is 0.750. The van der Waals surface area contributed by atoms with Gasteiger partial charge in [0.2, 0.25) is 0 Å². The minimum atomic E-state index is -0.0941. The lowest BCUT2D eigenvalue weighted by molar-refractivity contribution is -0.157. The molecule has 1 heterocycles. The van der Waals surface area contributed by atoms with Crippen molar-refractivity contribution in [3.8, 4) is 0 Å². The van der Waals surface area contributed by atoms with Gasteiger partial charge in [-0.05, 0) is 31.8 Å². The van der Waals surface area contributed by atoms with Gasteiger partial charge in [0.15, 0.2) is 0 Å². The van der Waals surface area contributed by atoms with Crippen molar-refractivity contribution >= 4 is 5.97 Å². The van der Waals surface area contributed by atoms with E-state index in [2.05, 4.69) is 13.0 Å². The summed E-state index contributed by atoms with van der Waals surface area (Å²) in [4.78, 5) is 11.8. The van der Waals surface area contributed by atoms with E-state index >= 15 is 0 Å². The molecule has 0 N–H and O–H groups in total. The summed E-state index contributed by atoms with van der Waals surface area (Å²) in [7, 11) is 0. The molecule has 0 spiro atoms. The highest BCUT2D eigenvalue weighted by Gasteiger charge is 2.44. The number of rotatable bonds is 2. The Hall–Kier alpha value is -0.990. The summed E-state index contributed by atoms with van der Waals surface area (Å²) in [5, 5.41) is 0. The number of hydrogen-bond donors (Lipinski definition) is 0. The van der Waals surface area contributed by atoms with Crippen LogP contribution in [0, 0.1) is 17.8 Å². The summed E-state index contributed by atoms with van der Waals surface area (Å²) in [6, 6.07) is 0. The van der Waals surface area contributed by atoms with Crippen LogP contribution in [0.5, 0.6) is 0 Å². The minimum Gasteiger partial charge on any atom is -0.497 e. The molecule has 4 unspecified atom stereocenters. The average Bonchev–Trinajstić information content (AvgIpc) is 2.65. The van der Waals surface area contributed by atoms with Crippen molar-refractivity contribution in [3.63, 3.8) is 0 Å². The van der Waals surface area contributed by atoms with E-state index in [4.69, 9.17) is 9.47 Å². The summed E-state index contributed by atoms with van der Waals surface area (Å²) in [5.74, 6) is 0.600. The minimum absolute atomic E-state index is 0.0211. The highest BCUT2D eigenvalue weighted by atomic mass is 16.5. The standard InChI is InChI=1S/C12H18O3/c1-3-14-12(13)10-8(2)4-5-9-6-7-15-11(9)10/h6-11H,3-5H2,1-2H3. The largest absolute Gasteiger partial charge is 0.497 e. The number of carbonyl (C=O) groups excluding carboxylic acids is 1. The molecule has 0 aromatic carbocycles. The Morgan fingerprint density at radius 3 is 3.07 bits per heavy atom. The predicted octanol–water partition coefficient (Wildman–Crippen LogP) is 2.12. The molecule has 0 saturated heterocycles. The van der Waals surface area contributed by atoms with E-state index < -0.39 is 0 Å². The normalized spacial score (nSPS) is 38.3. The molecule has 3 nitrogen and oxygen atoms in total. The monoisotopic (exact) mass is 210 g/mol. The van der Waals surface area contributed by atoms with Crippen molar-refractivity contribution in [2.75, 3.05) is 6.61 Å². The first kappa shape index (κ1) is 10.5. The number of ether oxygens (including phenoxy) is 2. The Bertz CT molecular complexity index is 272. The molecule has 0 aromatic rings. The molecule has 2 aliphatic rings. The molecule has 84 valence electrons. The van der Waals surface area contributed by atoms with Crippen LogP contribution in [0.4, 0.5) is 0 Å². The highest BCUT2D eigenvalue weighted by Crippen LogP contribution is 2.40. The third-order valence-corrected chi connectivity index (χ3v) is 3.46. The van der Waals surface area contributed by atoms with Crippen molar-refractivity contribution in [1.29, 1.82) is 0 Å². The lowest BCUT2D eigenvalue weighted by Gasteiger charge is -2.35. The van der Waals surface area contributed by atoms with Gasteiger partial charge in [0.05, 0.1) is 18.8 Å². The smallest absolute Gasteiger partial charge is 0.312 e. The fourth-order valence-corrected chi connectivity index (χ4v) is 2.62. The molecule has 2 rings (SSSR count). The maximum Gasteiger partial charge on any atom is 0.312 e. The lowest BCUT2D eigenvalue weighted by Crippen LogP contribution is -2.42. The van der Waals surface area contributed by atoms with Gasteiger partial charge in [-0.1, -0.05) is 6.92 Å². The lowest BCUT2D eigenvalue weighted by atomic mass is 9.73. The van der Waals surface area contributed by atoms with Gasteiger partial charge < -0.3 is 9.47 Å². The topological polar surface area (TPSA) is 35.5 Å². The third-order valence-electron chi connectivity index (χ3n) is 3.46. The van der Waals surface area contributed by atoms with Crippen LogP contribution in [0.3, 0.4) is 0 Å². The van der Waals surface area contributed by atoms with E-state index in [0.29, 0.717) is 18.4 Å². The van der Waals surface area contributed by atoms with E-state index in [1.54, 1.807) is 6.26 Å². The summed E-state index contributed by atoms with van der Waals surface area (Å²) in [6.07, 6.45) is 6.03. The van der Waals surface area contributed by atoms with Gasteiger partial charge in [0.1, 0.15) is 6.10 Å². The molecule has 1 fully saturated rings. The van der Waals surface area contributed by atoms with Crippen LogP contribution in [-0.2, 0) is 14.3 Å². The highest BCUT2D eigenvalue weighted by molar-refractivity contribution is 5.73. The molecule has 15 heavy (non-hydrogen) atoms. The Morgan fingerprint density at radius 2 is 2.33 bits per heavy atom. The van der Waals surface area contributed by atoms with Crippen LogP contribution >= 0.6 is 0 Å². The Morgan fingerprint density at radius 1 is 1.53 bits per heavy atom. The molecular formula is C12H18O3. The molecule has 0 bridgehead atoms. The first-order chi connectivity index (χ1) is 7.24. The third kappa shape index (κ3) is 1.87. The number of esters is 1. The predicted molar refractivity (Wildman–Crippen MR) is 56.0 cm³/mol. The molecular weight excluding hydrogens is 192 g/mol.